The summed E-state index contributed by atoms with van der Waals surface area (Å²) in [6.07, 6.45) is 6.97. The molecule has 1 unspecified atom stereocenters. The summed E-state index contributed by atoms with van der Waals surface area (Å²) >= 11 is 0. The molecule has 1 fully saturated rings. The first-order valence-corrected chi connectivity index (χ1v) is 8.98. The van der Waals surface area contributed by atoms with Crippen molar-refractivity contribution in [3.8, 4) is 0 Å². The highest BCUT2D eigenvalue weighted by Gasteiger charge is 2.23. The SMILES string of the molecule is Cn1cc(CN(C/C=C/c2ccccc2)C2CCNC2)c(=O)n(C)c1=O. The van der Waals surface area contributed by atoms with E-state index < -0.39 is 0 Å². The number of hydrogen-bond donors (Lipinski definition) is 1. The normalized spacial score (nSPS) is 17.4. The fourth-order valence-electron chi connectivity index (χ4n) is 3.39. The van der Waals surface area contributed by atoms with Gasteiger partial charge in [0.25, 0.3) is 5.56 Å². The monoisotopic (exact) mass is 354 g/mol. The fourth-order valence-corrected chi connectivity index (χ4v) is 3.39. The molecule has 0 spiro atoms. The van der Waals surface area contributed by atoms with Gasteiger partial charge in [0, 0.05) is 51.5 Å². The van der Waals surface area contributed by atoms with Gasteiger partial charge in [-0.3, -0.25) is 14.3 Å². The molecule has 1 atom stereocenters. The van der Waals surface area contributed by atoms with Crippen molar-refractivity contribution in [1.82, 2.24) is 19.4 Å². The van der Waals surface area contributed by atoms with Gasteiger partial charge in [0.1, 0.15) is 0 Å². The molecule has 0 bridgehead atoms. The van der Waals surface area contributed by atoms with Gasteiger partial charge in [-0.25, -0.2) is 4.79 Å². The second-order valence-electron chi connectivity index (χ2n) is 6.80. The smallest absolute Gasteiger partial charge is 0.315 e. The maximum atomic E-state index is 12.5. The number of rotatable bonds is 6. The van der Waals surface area contributed by atoms with Crippen LogP contribution in [0.15, 0.2) is 52.2 Å². The standard InChI is InChI=1S/C20H26N4O2/c1-22-14-17(19(25)23(2)20(22)26)15-24(18-10-11-21-13-18)12-6-9-16-7-4-3-5-8-16/h3-9,14,18,21H,10-13,15H2,1-2H3/b9-6+. The molecule has 6 heteroatoms. The van der Waals surface area contributed by atoms with E-state index in [9.17, 15) is 9.59 Å². The minimum absolute atomic E-state index is 0.212. The third-order valence-electron chi connectivity index (χ3n) is 4.89. The highest BCUT2D eigenvalue weighted by atomic mass is 16.2. The molecule has 2 aromatic rings. The zero-order valence-electron chi connectivity index (χ0n) is 15.4. The minimum atomic E-state index is -0.295. The Hall–Kier alpha value is -2.44. The summed E-state index contributed by atoms with van der Waals surface area (Å²) in [5.41, 5.74) is 1.30. The molecule has 1 aliphatic rings. The average molecular weight is 354 g/mol. The Balaban J connectivity index is 1.80. The Labute approximate surface area is 153 Å². The Morgan fingerprint density at radius 3 is 2.69 bits per heavy atom. The van der Waals surface area contributed by atoms with Gasteiger partial charge in [-0.2, -0.15) is 0 Å². The topological polar surface area (TPSA) is 59.3 Å². The van der Waals surface area contributed by atoms with Crippen LogP contribution in [0.25, 0.3) is 6.08 Å². The third kappa shape index (κ3) is 4.20. The summed E-state index contributed by atoms with van der Waals surface area (Å²) in [5, 5.41) is 3.39. The lowest BCUT2D eigenvalue weighted by Gasteiger charge is -2.27. The van der Waals surface area contributed by atoms with Gasteiger partial charge in [-0.05, 0) is 18.5 Å². The van der Waals surface area contributed by atoms with E-state index in [0.717, 1.165) is 31.6 Å². The first-order chi connectivity index (χ1) is 12.6. The van der Waals surface area contributed by atoms with Crippen LogP contribution in [0.2, 0.25) is 0 Å². The number of nitrogens with zero attached hydrogens (tertiary/aromatic N) is 3. The molecule has 1 aromatic heterocycles. The number of hydrogen-bond acceptors (Lipinski definition) is 4. The van der Waals surface area contributed by atoms with E-state index in [1.54, 1.807) is 13.2 Å². The summed E-state index contributed by atoms with van der Waals surface area (Å²) in [6.45, 7) is 3.21. The van der Waals surface area contributed by atoms with Gasteiger partial charge in [0.05, 0.1) is 0 Å². The molecule has 138 valence electrons. The Morgan fingerprint density at radius 1 is 1.23 bits per heavy atom. The zero-order chi connectivity index (χ0) is 18.5. The van der Waals surface area contributed by atoms with Crippen molar-refractivity contribution in [1.29, 1.82) is 0 Å². The van der Waals surface area contributed by atoms with E-state index in [2.05, 4.69) is 34.5 Å². The number of aryl methyl sites for hydroxylation is 1. The molecule has 0 aliphatic carbocycles. The second-order valence-corrected chi connectivity index (χ2v) is 6.80. The Kier molecular flexibility index (Phi) is 5.85. The van der Waals surface area contributed by atoms with Crippen LogP contribution >= 0.6 is 0 Å². The largest absolute Gasteiger partial charge is 0.330 e. The molecule has 1 N–H and O–H groups in total. The van der Waals surface area contributed by atoms with Gasteiger partial charge in [0.2, 0.25) is 0 Å². The number of benzene rings is 1. The predicted octanol–water partition coefficient (Wildman–Crippen LogP) is 0.961. The minimum Gasteiger partial charge on any atom is -0.315 e. The second kappa shape index (κ2) is 8.29. The first kappa shape index (κ1) is 18.4. The van der Waals surface area contributed by atoms with E-state index in [-0.39, 0.29) is 11.2 Å². The van der Waals surface area contributed by atoms with Crippen molar-refractivity contribution in [2.24, 2.45) is 14.1 Å². The molecular weight excluding hydrogens is 328 g/mol. The summed E-state index contributed by atoms with van der Waals surface area (Å²) in [5.74, 6) is 0. The average Bonchev–Trinajstić information content (AvgIpc) is 3.19. The molecule has 0 amide bonds. The lowest BCUT2D eigenvalue weighted by molar-refractivity contribution is 0.220. The molecule has 3 rings (SSSR count). The van der Waals surface area contributed by atoms with E-state index in [4.69, 9.17) is 0 Å². The lowest BCUT2D eigenvalue weighted by atomic mass is 10.1. The van der Waals surface area contributed by atoms with Crippen molar-refractivity contribution in [2.45, 2.75) is 19.0 Å². The number of nitrogens with one attached hydrogen (secondary N) is 1. The molecule has 26 heavy (non-hydrogen) atoms. The summed E-state index contributed by atoms with van der Waals surface area (Å²) in [4.78, 5) is 26.7. The first-order valence-electron chi connectivity index (χ1n) is 8.98. The predicted molar refractivity (Wildman–Crippen MR) is 104 cm³/mol. The highest BCUT2D eigenvalue weighted by molar-refractivity contribution is 5.48. The van der Waals surface area contributed by atoms with Crippen LogP contribution in [0, 0.1) is 0 Å². The third-order valence-corrected chi connectivity index (χ3v) is 4.89. The summed E-state index contributed by atoms with van der Waals surface area (Å²) in [6, 6.07) is 10.6. The van der Waals surface area contributed by atoms with Crippen molar-refractivity contribution in [3.05, 3.63) is 74.6 Å². The molecular formula is C20H26N4O2. The molecule has 1 saturated heterocycles. The van der Waals surface area contributed by atoms with Crippen LogP contribution in [-0.4, -0.2) is 39.7 Å². The molecule has 1 aromatic carbocycles. The summed E-state index contributed by atoms with van der Waals surface area (Å²) in [7, 11) is 3.22. The van der Waals surface area contributed by atoms with Crippen LogP contribution in [-0.2, 0) is 20.6 Å². The van der Waals surface area contributed by atoms with Crippen molar-refractivity contribution < 1.29 is 0 Å². The quantitative estimate of drug-likeness (QED) is 0.840. The Morgan fingerprint density at radius 2 is 2.00 bits per heavy atom. The van der Waals surface area contributed by atoms with Crippen LogP contribution in [0.1, 0.15) is 17.5 Å². The van der Waals surface area contributed by atoms with Crippen LogP contribution < -0.4 is 16.6 Å². The molecule has 6 nitrogen and oxygen atoms in total. The van der Waals surface area contributed by atoms with Gasteiger partial charge >= 0.3 is 5.69 Å². The maximum absolute atomic E-state index is 12.5. The van der Waals surface area contributed by atoms with Gasteiger partial charge in [0.15, 0.2) is 0 Å². The maximum Gasteiger partial charge on any atom is 0.330 e. The number of aromatic nitrogens is 2. The Bertz CT molecular complexity index is 877. The van der Waals surface area contributed by atoms with E-state index >= 15 is 0 Å². The van der Waals surface area contributed by atoms with Crippen molar-refractivity contribution in [2.75, 3.05) is 19.6 Å². The molecule has 0 saturated carbocycles. The van der Waals surface area contributed by atoms with E-state index in [1.807, 2.05) is 18.2 Å². The van der Waals surface area contributed by atoms with Crippen LogP contribution in [0.3, 0.4) is 0 Å². The molecule has 2 heterocycles. The van der Waals surface area contributed by atoms with E-state index in [1.165, 1.54) is 16.2 Å². The fraction of sp³-hybridized carbons (Fsp3) is 0.400. The van der Waals surface area contributed by atoms with Gasteiger partial charge < -0.3 is 9.88 Å². The van der Waals surface area contributed by atoms with Crippen molar-refractivity contribution in [3.63, 3.8) is 0 Å². The van der Waals surface area contributed by atoms with Crippen LogP contribution in [0.4, 0.5) is 0 Å². The molecule has 0 radical (unpaired) electrons. The lowest BCUT2D eigenvalue weighted by Crippen LogP contribution is -2.42. The van der Waals surface area contributed by atoms with Crippen LogP contribution in [0.5, 0.6) is 0 Å². The highest BCUT2D eigenvalue weighted by Crippen LogP contribution is 2.12. The summed E-state index contributed by atoms with van der Waals surface area (Å²) < 4.78 is 2.65. The zero-order valence-corrected chi connectivity index (χ0v) is 15.4. The van der Waals surface area contributed by atoms with E-state index in [0.29, 0.717) is 18.2 Å². The van der Waals surface area contributed by atoms with Gasteiger partial charge in [-0.15, -0.1) is 0 Å². The van der Waals surface area contributed by atoms with Crippen molar-refractivity contribution >= 4 is 6.08 Å². The molecule has 1 aliphatic heterocycles. The van der Waals surface area contributed by atoms with Gasteiger partial charge in [-0.1, -0.05) is 42.5 Å².